The van der Waals surface area contributed by atoms with Crippen LogP contribution in [0.3, 0.4) is 0 Å². The van der Waals surface area contributed by atoms with Gasteiger partial charge >= 0.3 is 0 Å². The Bertz CT molecular complexity index is 1170. The van der Waals surface area contributed by atoms with Gasteiger partial charge in [-0.15, -0.1) is 0 Å². The van der Waals surface area contributed by atoms with Crippen LogP contribution >= 0.6 is 0 Å². The van der Waals surface area contributed by atoms with E-state index in [-0.39, 0.29) is 17.9 Å². The standard InChI is InChI=1S/C24H18F2N2O2/c1-15-17(8-5-9-20(15)16-6-3-2-4-7-16)14-30-23-12-21(25)18(11-22(23)26)10-19(13-27)24(28)29/h2-12H,14H2,1H3,(H2,28,29)/b19-10+. The zero-order valence-electron chi connectivity index (χ0n) is 16.2. The fraction of sp³-hybridized carbons (Fsp3) is 0.0833. The van der Waals surface area contributed by atoms with Crippen LogP contribution in [0, 0.1) is 29.9 Å². The molecule has 2 N–H and O–H groups in total. The lowest BCUT2D eigenvalue weighted by molar-refractivity contribution is -0.114. The maximum atomic E-state index is 14.4. The van der Waals surface area contributed by atoms with Crippen LogP contribution < -0.4 is 10.5 Å². The molecule has 0 aromatic heterocycles. The number of halogens is 2. The molecule has 0 atom stereocenters. The number of primary amides is 1. The van der Waals surface area contributed by atoms with Crippen LogP contribution in [-0.4, -0.2) is 5.91 Å². The van der Waals surface area contributed by atoms with E-state index in [4.69, 9.17) is 15.7 Å². The van der Waals surface area contributed by atoms with Crippen molar-refractivity contribution < 1.29 is 18.3 Å². The average Bonchev–Trinajstić information content (AvgIpc) is 2.74. The number of nitrogens with zero attached hydrogens (tertiary/aromatic N) is 1. The van der Waals surface area contributed by atoms with Gasteiger partial charge in [0.25, 0.3) is 5.91 Å². The topological polar surface area (TPSA) is 76.1 Å². The van der Waals surface area contributed by atoms with E-state index < -0.39 is 23.1 Å². The summed E-state index contributed by atoms with van der Waals surface area (Å²) in [6.07, 6.45) is 0.901. The van der Waals surface area contributed by atoms with Crippen LogP contribution in [-0.2, 0) is 11.4 Å². The predicted octanol–water partition coefficient (Wildman–Crippen LogP) is 4.91. The summed E-state index contributed by atoms with van der Waals surface area (Å²) >= 11 is 0. The third-order valence-electron chi connectivity index (χ3n) is 4.65. The molecule has 4 nitrogen and oxygen atoms in total. The number of carbonyl (C=O) groups excluding carboxylic acids is 1. The first kappa shape index (κ1) is 20.7. The number of hydrogen-bond acceptors (Lipinski definition) is 3. The summed E-state index contributed by atoms with van der Waals surface area (Å²) in [5.41, 5.74) is 8.17. The Kier molecular flexibility index (Phi) is 6.23. The lowest BCUT2D eigenvalue weighted by atomic mass is 9.97. The summed E-state index contributed by atoms with van der Waals surface area (Å²) in [4.78, 5) is 11.1. The molecule has 3 aromatic carbocycles. The molecule has 0 saturated carbocycles. The number of nitriles is 1. The number of ether oxygens (including phenoxy) is 1. The smallest absolute Gasteiger partial charge is 0.259 e. The molecule has 0 aliphatic rings. The Morgan fingerprint density at radius 2 is 1.83 bits per heavy atom. The van der Waals surface area contributed by atoms with E-state index >= 15 is 0 Å². The van der Waals surface area contributed by atoms with Crippen LogP contribution in [0.4, 0.5) is 8.78 Å². The van der Waals surface area contributed by atoms with E-state index in [0.29, 0.717) is 0 Å². The maximum Gasteiger partial charge on any atom is 0.259 e. The van der Waals surface area contributed by atoms with Gasteiger partial charge in [-0.1, -0.05) is 48.5 Å². The Morgan fingerprint density at radius 3 is 2.50 bits per heavy atom. The summed E-state index contributed by atoms with van der Waals surface area (Å²) in [6.45, 7) is 1.99. The van der Waals surface area contributed by atoms with Crippen molar-refractivity contribution >= 4 is 12.0 Å². The van der Waals surface area contributed by atoms with Crippen molar-refractivity contribution in [1.29, 1.82) is 5.26 Å². The van der Waals surface area contributed by atoms with Crippen LogP contribution in [0.5, 0.6) is 5.75 Å². The highest BCUT2D eigenvalue weighted by atomic mass is 19.1. The number of carbonyl (C=O) groups is 1. The van der Waals surface area contributed by atoms with E-state index in [1.54, 1.807) is 6.07 Å². The quantitative estimate of drug-likeness (QED) is 0.468. The highest BCUT2D eigenvalue weighted by molar-refractivity contribution is 6.00. The van der Waals surface area contributed by atoms with Gasteiger partial charge in [0.1, 0.15) is 24.1 Å². The van der Waals surface area contributed by atoms with E-state index in [1.165, 1.54) is 0 Å². The summed E-state index contributed by atoms with van der Waals surface area (Å²) in [6, 6.07) is 18.8. The Balaban J connectivity index is 1.84. The molecule has 0 aliphatic carbocycles. The van der Waals surface area contributed by atoms with Crippen molar-refractivity contribution in [3.63, 3.8) is 0 Å². The Hall–Kier alpha value is -3.98. The molecule has 0 fully saturated rings. The molecule has 0 unspecified atom stereocenters. The minimum Gasteiger partial charge on any atom is -0.486 e. The van der Waals surface area contributed by atoms with Gasteiger partial charge in [-0.05, 0) is 41.3 Å². The number of rotatable bonds is 6. The van der Waals surface area contributed by atoms with Crippen LogP contribution in [0.1, 0.15) is 16.7 Å². The third kappa shape index (κ3) is 4.53. The van der Waals surface area contributed by atoms with Gasteiger partial charge in [0.05, 0.1) is 0 Å². The normalized spacial score (nSPS) is 11.1. The van der Waals surface area contributed by atoms with Gasteiger partial charge in [-0.3, -0.25) is 4.79 Å². The molecule has 0 bridgehead atoms. The van der Waals surface area contributed by atoms with E-state index in [9.17, 15) is 13.6 Å². The molecule has 0 aliphatic heterocycles. The monoisotopic (exact) mass is 404 g/mol. The molecule has 30 heavy (non-hydrogen) atoms. The van der Waals surface area contributed by atoms with Gasteiger partial charge < -0.3 is 10.5 Å². The summed E-state index contributed by atoms with van der Waals surface area (Å²) in [5, 5.41) is 8.85. The highest BCUT2D eigenvalue weighted by Crippen LogP contribution is 2.28. The SMILES string of the molecule is Cc1c(COc2cc(F)c(/C=C(\C#N)C(N)=O)cc2F)cccc1-c1ccccc1. The second kappa shape index (κ2) is 9.01. The molecule has 3 aromatic rings. The zero-order chi connectivity index (χ0) is 21.7. The molecule has 150 valence electrons. The molecule has 6 heteroatoms. The zero-order valence-corrected chi connectivity index (χ0v) is 16.2. The molecular formula is C24H18F2N2O2. The van der Waals surface area contributed by atoms with Crippen LogP contribution in [0.25, 0.3) is 17.2 Å². The fourth-order valence-electron chi connectivity index (χ4n) is 3.00. The van der Waals surface area contributed by atoms with Gasteiger partial charge in [-0.25, -0.2) is 8.78 Å². The first-order chi connectivity index (χ1) is 14.4. The van der Waals surface area contributed by atoms with Gasteiger partial charge in [0.2, 0.25) is 0 Å². The summed E-state index contributed by atoms with van der Waals surface area (Å²) in [5.74, 6) is -2.95. The van der Waals surface area contributed by atoms with Crippen molar-refractivity contribution in [2.24, 2.45) is 5.73 Å². The average molecular weight is 404 g/mol. The molecule has 0 saturated heterocycles. The van der Waals surface area contributed by atoms with Gasteiger partial charge in [0, 0.05) is 11.6 Å². The minimum absolute atomic E-state index is 0.0444. The Morgan fingerprint density at radius 1 is 1.10 bits per heavy atom. The third-order valence-corrected chi connectivity index (χ3v) is 4.65. The van der Waals surface area contributed by atoms with Crippen molar-refractivity contribution in [1.82, 2.24) is 0 Å². The minimum atomic E-state index is -1.02. The lowest BCUT2D eigenvalue weighted by Gasteiger charge is -2.14. The molecule has 0 heterocycles. The molecule has 1 amide bonds. The first-order valence-corrected chi connectivity index (χ1v) is 9.08. The highest BCUT2D eigenvalue weighted by Gasteiger charge is 2.14. The van der Waals surface area contributed by atoms with Crippen molar-refractivity contribution in [3.05, 3.63) is 94.6 Å². The summed E-state index contributed by atoms with van der Waals surface area (Å²) in [7, 11) is 0. The number of nitrogens with two attached hydrogens (primary N) is 1. The van der Waals surface area contributed by atoms with Crippen molar-refractivity contribution in [2.75, 3.05) is 0 Å². The largest absolute Gasteiger partial charge is 0.486 e. The lowest BCUT2D eigenvalue weighted by Crippen LogP contribution is -2.12. The summed E-state index contributed by atoms with van der Waals surface area (Å²) < 4.78 is 34.3. The molecule has 0 radical (unpaired) electrons. The second-order valence-electron chi connectivity index (χ2n) is 6.58. The van der Waals surface area contributed by atoms with Gasteiger partial charge in [0.15, 0.2) is 11.6 Å². The molecule has 3 rings (SSSR count). The van der Waals surface area contributed by atoms with E-state index in [1.807, 2.05) is 55.5 Å². The number of amides is 1. The van der Waals surface area contributed by atoms with Crippen LogP contribution in [0.2, 0.25) is 0 Å². The van der Waals surface area contributed by atoms with Crippen molar-refractivity contribution in [2.45, 2.75) is 13.5 Å². The fourth-order valence-corrected chi connectivity index (χ4v) is 3.00. The predicted molar refractivity (Wildman–Crippen MR) is 110 cm³/mol. The van der Waals surface area contributed by atoms with Crippen molar-refractivity contribution in [3.8, 4) is 22.9 Å². The van der Waals surface area contributed by atoms with E-state index in [0.717, 1.165) is 40.5 Å². The van der Waals surface area contributed by atoms with Crippen LogP contribution in [0.15, 0.2) is 66.2 Å². The molecular weight excluding hydrogens is 386 g/mol. The number of benzene rings is 3. The maximum absolute atomic E-state index is 14.4. The second-order valence-corrected chi connectivity index (χ2v) is 6.58. The number of hydrogen-bond donors (Lipinski definition) is 1. The van der Waals surface area contributed by atoms with Gasteiger partial charge in [-0.2, -0.15) is 5.26 Å². The Labute approximate surface area is 172 Å². The first-order valence-electron chi connectivity index (χ1n) is 9.08. The molecule has 0 spiro atoms. The van der Waals surface area contributed by atoms with E-state index in [2.05, 4.69) is 0 Å².